The van der Waals surface area contributed by atoms with E-state index in [1.54, 1.807) is 12.1 Å². The molecule has 0 saturated heterocycles. The zero-order chi connectivity index (χ0) is 14.4. The van der Waals surface area contributed by atoms with E-state index in [1.807, 2.05) is 31.2 Å². The topological polar surface area (TPSA) is 41.5 Å². The number of hydrogen-bond donors (Lipinski definition) is 1. The van der Waals surface area contributed by atoms with Crippen molar-refractivity contribution >= 4 is 12.1 Å². The van der Waals surface area contributed by atoms with Crippen LogP contribution in [0, 0.1) is 12.7 Å². The fourth-order valence-corrected chi connectivity index (χ4v) is 1.70. The summed E-state index contributed by atoms with van der Waals surface area (Å²) in [6.07, 6.45) is 1.68. The van der Waals surface area contributed by atoms with E-state index in [1.165, 1.54) is 18.3 Å². The lowest BCUT2D eigenvalue weighted by Crippen LogP contribution is -2.19. The lowest BCUT2D eigenvalue weighted by molar-refractivity contribution is -0.120. The Hall–Kier alpha value is -2.49. The van der Waals surface area contributed by atoms with Gasteiger partial charge in [0.1, 0.15) is 5.82 Å². The van der Waals surface area contributed by atoms with Gasteiger partial charge in [-0.1, -0.05) is 42.0 Å². The van der Waals surface area contributed by atoms with Crippen LogP contribution in [-0.4, -0.2) is 12.1 Å². The molecule has 3 nitrogen and oxygen atoms in total. The Kier molecular flexibility index (Phi) is 4.60. The molecule has 20 heavy (non-hydrogen) atoms. The number of benzene rings is 2. The minimum Gasteiger partial charge on any atom is -0.273 e. The molecule has 0 heterocycles. The third kappa shape index (κ3) is 4.31. The molecule has 2 aromatic rings. The molecular formula is C16H15FN2O. The summed E-state index contributed by atoms with van der Waals surface area (Å²) in [6, 6.07) is 13.7. The van der Waals surface area contributed by atoms with Crippen LogP contribution in [0.15, 0.2) is 53.6 Å². The molecule has 2 rings (SSSR count). The number of aryl methyl sites for hydroxylation is 1. The Balaban J connectivity index is 1.87. The molecule has 0 aliphatic heterocycles. The Morgan fingerprint density at radius 2 is 2.00 bits per heavy atom. The van der Waals surface area contributed by atoms with Crippen molar-refractivity contribution in [3.05, 3.63) is 71.0 Å². The van der Waals surface area contributed by atoms with Gasteiger partial charge in [0.15, 0.2) is 0 Å². The lowest BCUT2D eigenvalue weighted by Gasteiger charge is -2.01. The van der Waals surface area contributed by atoms with Gasteiger partial charge in [0, 0.05) is 0 Å². The molecule has 4 heteroatoms. The van der Waals surface area contributed by atoms with Crippen molar-refractivity contribution in [2.45, 2.75) is 13.3 Å². The standard InChI is InChI=1S/C16H15FN2O/c1-12-5-7-13(8-6-12)10-16(20)19-18-11-14-3-2-4-15(17)9-14/h2-9,11H,10H2,1H3,(H,19,20)/b18-11-. The molecule has 0 saturated carbocycles. The summed E-state index contributed by atoms with van der Waals surface area (Å²) in [6.45, 7) is 1.99. The van der Waals surface area contributed by atoms with Gasteiger partial charge in [-0.15, -0.1) is 0 Å². The molecule has 0 spiro atoms. The normalized spacial score (nSPS) is 10.7. The highest BCUT2D eigenvalue weighted by atomic mass is 19.1. The number of nitrogens with one attached hydrogen (secondary N) is 1. The van der Waals surface area contributed by atoms with Gasteiger partial charge < -0.3 is 0 Å². The smallest absolute Gasteiger partial charge is 0.244 e. The van der Waals surface area contributed by atoms with Gasteiger partial charge in [-0.3, -0.25) is 4.79 Å². The summed E-state index contributed by atoms with van der Waals surface area (Å²) in [4.78, 5) is 11.7. The molecule has 0 aliphatic rings. The van der Waals surface area contributed by atoms with E-state index >= 15 is 0 Å². The highest BCUT2D eigenvalue weighted by Crippen LogP contribution is 2.04. The summed E-state index contributed by atoms with van der Waals surface area (Å²) in [5, 5.41) is 3.81. The maximum absolute atomic E-state index is 12.9. The molecule has 0 aromatic heterocycles. The molecule has 1 amide bonds. The van der Waals surface area contributed by atoms with Crippen LogP contribution in [0.2, 0.25) is 0 Å². The second kappa shape index (κ2) is 6.61. The maximum atomic E-state index is 12.9. The van der Waals surface area contributed by atoms with Gasteiger partial charge in [0.05, 0.1) is 12.6 Å². The monoisotopic (exact) mass is 270 g/mol. The number of rotatable bonds is 4. The van der Waals surface area contributed by atoms with Crippen molar-refractivity contribution in [1.82, 2.24) is 5.43 Å². The molecule has 102 valence electrons. The minimum absolute atomic E-state index is 0.207. The Bertz CT molecular complexity index is 621. The van der Waals surface area contributed by atoms with E-state index in [-0.39, 0.29) is 18.1 Å². The van der Waals surface area contributed by atoms with Crippen LogP contribution in [0.4, 0.5) is 4.39 Å². The Labute approximate surface area is 117 Å². The molecular weight excluding hydrogens is 255 g/mol. The zero-order valence-corrected chi connectivity index (χ0v) is 11.1. The molecule has 0 atom stereocenters. The molecule has 0 radical (unpaired) electrons. The second-order valence-electron chi connectivity index (χ2n) is 4.51. The van der Waals surface area contributed by atoms with Gasteiger partial charge in [0.25, 0.3) is 0 Å². The Morgan fingerprint density at radius 3 is 2.70 bits per heavy atom. The van der Waals surface area contributed by atoms with Gasteiger partial charge in [-0.2, -0.15) is 5.10 Å². The lowest BCUT2D eigenvalue weighted by atomic mass is 10.1. The quantitative estimate of drug-likeness (QED) is 0.673. The molecule has 0 fully saturated rings. The fraction of sp³-hybridized carbons (Fsp3) is 0.125. The predicted molar refractivity (Wildman–Crippen MR) is 77.0 cm³/mol. The number of carbonyl (C=O) groups excluding carboxylic acids is 1. The fourth-order valence-electron chi connectivity index (χ4n) is 1.70. The summed E-state index contributed by atoms with van der Waals surface area (Å²) < 4.78 is 12.9. The van der Waals surface area contributed by atoms with Gasteiger partial charge >= 0.3 is 0 Å². The first kappa shape index (κ1) is 13.9. The number of carbonyl (C=O) groups is 1. The van der Waals surface area contributed by atoms with Crippen LogP contribution in [0.3, 0.4) is 0 Å². The minimum atomic E-state index is -0.333. The number of amides is 1. The number of hydrazone groups is 1. The first-order valence-electron chi connectivity index (χ1n) is 6.26. The number of hydrogen-bond acceptors (Lipinski definition) is 2. The zero-order valence-electron chi connectivity index (χ0n) is 11.1. The third-order valence-corrected chi connectivity index (χ3v) is 2.74. The van der Waals surface area contributed by atoms with Gasteiger partial charge in [-0.05, 0) is 30.2 Å². The Morgan fingerprint density at radius 1 is 1.25 bits per heavy atom. The molecule has 1 N–H and O–H groups in total. The SMILES string of the molecule is Cc1ccc(CC(=O)N/N=C\c2cccc(F)c2)cc1. The van der Waals surface area contributed by atoms with Crippen LogP contribution in [0.25, 0.3) is 0 Å². The van der Waals surface area contributed by atoms with Crippen LogP contribution < -0.4 is 5.43 Å². The van der Waals surface area contributed by atoms with E-state index in [2.05, 4.69) is 10.5 Å². The van der Waals surface area contributed by atoms with Crippen molar-refractivity contribution in [1.29, 1.82) is 0 Å². The second-order valence-corrected chi connectivity index (χ2v) is 4.51. The highest BCUT2D eigenvalue weighted by Gasteiger charge is 2.01. The average molecular weight is 270 g/mol. The molecule has 2 aromatic carbocycles. The number of halogens is 1. The van der Waals surface area contributed by atoms with Gasteiger partial charge in [-0.25, -0.2) is 9.82 Å². The van der Waals surface area contributed by atoms with Crippen LogP contribution in [0.1, 0.15) is 16.7 Å². The average Bonchev–Trinajstić information content (AvgIpc) is 2.41. The summed E-state index contributed by atoms with van der Waals surface area (Å²) in [5.74, 6) is -0.540. The maximum Gasteiger partial charge on any atom is 0.244 e. The van der Waals surface area contributed by atoms with E-state index < -0.39 is 0 Å². The van der Waals surface area contributed by atoms with E-state index in [4.69, 9.17) is 0 Å². The largest absolute Gasteiger partial charge is 0.273 e. The van der Waals surface area contributed by atoms with E-state index in [0.717, 1.165) is 11.1 Å². The van der Waals surface area contributed by atoms with Crippen molar-refractivity contribution in [3.8, 4) is 0 Å². The van der Waals surface area contributed by atoms with Crippen LogP contribution >= 0.6 is 0 Å². The van der Waals surface area contributed by atoms with Crippen molar-refractivity contribution in [3.63, 3.8) is 0 Å². The van der Waals surface area contributed by atoms with Crippen LogP contribution in [0.5, 0.6) is 0 Å². The van der Waals surface area contributed by atoms with Crippen molar-refractivity contribution in [2.75, 3.05) is 0 Å². The molecule has 0 bridgehead atoms. The molecule has 0 unspecified atom stereocenters. The molecule has 0 aliphatic carbocycles. The van der Waals surface area contributed by atoms with Gasteiger partial charge in [0.2, 0.25) is 5.91 Å². The summed E-state index contributed by atoms with van der Waals surface area (Å²) >= 11 is 0. The summed E-state index contributed by atoms with van der Waals surface area (Å²) in [7, 11) is 0. The summed E-state index contributed by atoms with van der Waals surface area (Å²) in [5.41, 5.74) is 5.10. The first-order valence-corrected chi connectivity index (χ1v) is 6.26. The predicted octanol–water partition coefficient (Wildman–Crippen LogP) is 2.83. The van der Waals surface area contributed by atoms with E-state index in [0.29, 0.717) is 5.56 Å². The first-order chi connectivity index (χ1) is 9.63. The van der Waals surface area contributed by atoms with Crippen molar-refractivity contribution < 1.29 is 9.18 Å². The van der Waals surface area contributed by atoms with Crippen LogP contribution in [-0.2, 0) is 11.2 Å². The highest BCUT2D eigenvalue weighted by molar-refractivity contribution is 5.83. The van der Waals surface area contributed by atoms with E-state index in [9.17, 15) is 9.18 Å². The van der Waals surface area contributed by atoms with Crippen molar-refractivity contribution in [2.24, 2.45) is 5.10 Å². The number of nitrogens with zero attached hydrogens (tertiary/aromatic N) is 1. The third-order valence-electron chi connectivity index (χ3n) is 2.74.